The van der Waals surface area contributed by atoms with Crippen LogP contribution < -0.4 is 10.1 Å². The number of benzene rings is 1. The van der Waals surface area contributed by atoms with E-state index in [1.807, 2.05) is 20.8 Å². The molecule has 0 unspecified atom stereocenters. The predicted octanol–water partition coefficient (Wildman–Crippen LogP) is 2.39. The average Bonchev–Trinajstić information content (AvgIpc) is 2.65. The largest absolute Gasteiger partial charge is 0.504 e. The van der Waals surface area contributed by atoms with Crippen molar-refractivity contribution < 1.29 is 33.6 Å². The molecule has 1 aromatic rings. The summed E-state index contributed by atoms with van der Waals surface area (Å²) in [4.78, 5) is 12.1. The third-order valence-corrected chi connectivity index (χ3v) is 3.58. The summed E-state index contributed by atoms with van der Waals surface area (Å²) in [5, 5.41) is 12.9. The number of amides is 1. The molecule has 1 amide bonds. The molecular weight excluding hydrogens is 378 g/mol. The first kappa shape index (κ1) is 25.2. The number of phenolic OH excluding ortho intramolecular Hbond substituents is 1. The van der Waals surface area contributed by atoms with Crippen LogP contribution in [0.15, 0.2) is 18.2 Å². The summed E-state index contributed by atoms with van der Waals surface area (Å²) in [5.41, 5.74) is 0.0286. The van der Waals surface area contributed by atoms with Crippen LogP contribution in [-0.2, 0) is 18.9 Å². The molecule has 0 spiro atoms. The highest BCUT2D eigenvalue weighted by molar-refractivity contribution is 5.95. The van der Waals surface area contributed by atoms with E-state index in [-0.39, 0.29) is 23.8 Å². The second-order valence-corrected chi connectivity index (χ2v) is 7.42. The Kier molecular flexibility index (Phi) is 12.3. The van der Waals surface area contributed by atoms with Crippen molar-refractivity contribution in [2.75, 3.05) is 60.0 Å². The fraction of sp³-hybridized carbons (Fsp3) is 0.667. The summed E-state index contributed by atoms with van der Waals surface area (Å²) in [6.45, 7) is 9.70. The maximum Gasteiger partial charge on any atom is 0.251 e. The summed E-state index contributed by atoms with van der Waals surface area (Å²) < 4.78 is 26.6. The molecule has 0 fully saturated rings. The van der Waals surface area contributed by atoms with Gasteiger partial charge >= 0.3 is 0 Å². The van der Waals surface area contributed by atoms with Crippen LogP contribution in [-0.4, -0.2) is 76.5 Å². The molecule has 8 heteroatoms. The van der Waals surface area contributed by atoms with E-state index in [2.05, 4.69) is 5.32 Å². The number of nitrogens with one attached hydrogen (secondary N) is 1. The number of hydrogen-bond donors (Lipinski definition) is 2. The molecule has 0 aliphatic carbocycles. The van der Waals surface area contributed by atoms with Crippen LogP contribution in [0.3, 0.4) is 0 Å². The number of phenols is 1. The van der Waals surface area contributed by atoms with Gasteiger partial charge in [-0.25, -0.2) is 0 Å². The van der Waals surface area contributed by atoms with Gasteiger partial charge in [-0.05, 0) is 45.4 Å². The molecule has 0 aliphatic heterocycles. The minimum atomic E-state index is -0.347. The van der Waals surface area contributed by atoms with Gasteiger partial charge in [0.1, 0.15) is 6.61 Å². The van der Waals surface area contributed by atoms with Gasteiger partial charge in [0.25, 0.3) is 5.91 Å². The SMILES string of the molecule is COCCCOCCOCCOCCOc1ccc(C(=O)NC(C)(C)C)cc1O. The van der Waals surface area contributed by atoms with Crippen molar-refractivity contribution in [1.82, 2.24) is 5.32 Å². The van der Waals surface area contributed by atoms with Gasteiger partial charge in [0, 0.05) is 31.4 Å². The topological polar surface area (TPSA) is 95.5 Å². The van der Waals surface area contributed by atoms with Gasteiger partial charge < -0.3 is 34.1 Å². The number of carbonyl (C=O) groups excluding carboxylic acids is 1. The predicted molar refractivity (Wildman–Crippen MR) is 110 cm³/mol. The maximum absolute atomic E-state index is 12.1. The van der Waals surface area contributed by atoms with Gasteiger partial charge in [-0.3, -0.25) is 4.79 Å². The van der Waals surface area contributed by atoms with Crippen molar-refractivity contribution >= 4 is 5.91 Å². The molecule has 0 radical (unpaired) electrons. The highest BCUT2D eigenvalue weighted by atomic mass is 16.6. The zero-order chi connectivity index (χ0) is 21.5. The Hall–Kier alpha value is -1.87. The van der Waals surface area contributed by atoms with E-state index in [0.29, 0.717) is 57.6 Å². The number of aromatic hydroxyl groups is 1. The first-order valence-corrected chi connectivity index (χ1v) is 9.84. The van der Waals surface area contributed by atoms with Crippen LogP contribution in [0.2, 0.25) is 0 Å². The van der Waals surface area contributed by atoms with Crippen LogP contribution >= 0.6 is 0 Å². The van der Waals surface area contributed by atoms with Gasteiger partial charge in [-0.2, -0.15) is 0 Å². The number of carbonyl (C=O) groups is 1. The van der Waals surface area contributed by atoms with Gasteiger partial charge in [-0.1, -0.05) is 0 Å². The summed E-state index contributed by atoms with van der Waals surface area (Å²) >= 11 is 0. The van der Waals surface area contributed by atoms with E-state index in [0.717, 1.165) is 6.42 Å². The second-order valence-electron chi connectivity index (χ2n) is 7.42. The lowest BCUT2D eigenvalue weighted by Crippen LogP contribution is -2.40. The minimum absolute atomic E-state index is 0.0830. The van der Waals surface area contributed by atoms with Gasteiger partial charge in [-0.15, -0.1) is 0 Å². The molecule has 0 aliphatic rings. The number of hydrogen-bond acceptors (Lipinski definition) is 7. The molecule has 29 heavy (non-hydrogen) atoms. The first-order valence-electron chi connectivity index (χ1n) is 9.84. The molecule has 166 valence electrons. The Bertz CT molecular complexity index is 587. The van der Waals surface area contributed by atoms with Crippen LogP contribution in [0.25, 0.3) is 0 Å². The molecule has 8 nitrogen and oxygen atoms in total. The van der Waals surface area contributed by atoms with E-state index in [9.17, 15) is 9.90 Å². The van der Waals surface area contributed by atoms with Crippen molar-refractivity contribution in [3.63, 3.8) is 0 Å². The lowest BCUT2D eigenvalue weighted by molar-refractivity contribution is 0.00658. The van der Waals surface area contributed by atoms with E-state index < -0.39 is 0 Å². The zero-order valence-electron chi connectivity index (χ0n) is 18.0. The Labute approximate surface area is 173 Å². The first-order chi connectivity index (χ1) is 13.8. The highest BCUT2D eigenvalue weighted by Gasteiger charge is 2.16. The van der Waals surface area contributed by atoms with E-state index in [4.69, 9.17) is 23.7 Å². The molecule has 2 N–H and O–H groups in total. The summed E-state index contributed by atoms with van der Waals surface area (Å²) in [6, 6.07) is 4.58. The van der Waals surface area contributed by atoms with Crippen LogP contribution in [0.1, 0.15) is 37.6 Å². The van der Waals surface area contributed by atoms with E-state index in [1.165, 1.54) is 6.07 Å². The fourth-order valence-corrected chi connectivity index (χ4v) is 2.25. The van der Waals surface area contributed by atoms with Crippen LogP contribution in [0.4, 0.5) is 0 Å². The molecule has 0 bridgehead atoms. The Balaban J connectivity index is 2.11. The molecule has 0 aromatic heterocycles. The third-order valence-electron chi connectivity index (χ3n) is 3.58. The number of rotatable bonds is 15. The highest BCUT2D eigenvalue weighted by Crippen LogP contribution is 2.26. The van der Waals surface area contributed by atoms with E-state index >= 15 is 0 Å². The van der Waals surface area contributed by atoms with Crippen molar-refractivity contribution in [3.8, 4) is 11.5 Å². The Morgan fingerprint density at radius 2 is 1.52 bits per heavy atom. The number of ether oxygens (including phenoxy) is 5. The molecular formula is C21H35NO7. The molecule has 1 rings (SSSR count). The second kappa shape index (κ2) is 14.2. The standard InChI is InChI=1S/C21H35NO7/c1-21(2,3)22-20(24)17-6-7-19(18(23)16-17)29-15-14-28-13-12-27-11-10-26-9-5-8-25-4/h6-7,16,23H,5,8-15H2,1-4H3,(H,22,24). The summed E-state index contributed by atoms with van der Waals surface area (Å²) in [6.07, 6.45) is 0.877. The van der Waals surface area contributed by atoms with Gasteiger partial charge in [0.15, 0.2) is 11.5 Å². The van der Waals surface area contributed by atoms with Crippen molar-refractivity contribution in [3.05, 3.63) is 23.8 Å². The van der Waals surface area contributed by atoms with Crippen LogP contribution in [0.5, 0.6) is 11.5 Å². The van der Waals surface area contributed by atoms with Gasteiger partial charge in [0.2, 0.25) is 0 Å². The molecule has 1 aromatic carbocycles. The summed E-state index contributed by atoms with van der Waals surface area (Å²) in [7, 11) is 1.67. The lowest BCUT2D eigenvalue weighted by Gasteiger charge is -2.20. The lowest BCUT2D eigenvalue weighted by atomic mass is 10.1. The quantitative estimate of drug-likeness (QED) is 0.426. The van der Waals surface area contributed by atoms with Crippen molar-refractivity contribution in [1.29, 1.82) is 0 Å². The molecule has 0 saturated heterocycles. The third kappa shape index (κ3) is 12.3. The Morgan fingerprint density at radius 1 is 0.931 bits per heavy atom. The van der Waals surface area contributed by atoms with Crippen molar-refractivity contribution in [2.24, 2.45) is 0 Å². The Morgan fingerprint density at radius 3 is 2.07 bits per heavy atom. The monoisotopic (exact) mass is 413 g/mol. The fourth-order valence-electron chi connectivity index (χ4n) is 2.25. The molecule has 0 saturated carbocycles. The number of methoxy groups -OCH3 is 1. The average molecular weight is 414 g/mol. The molecule has 0 heterocycles. The normalized spacial score (nSPS) is 11.4. The zero-order valence-corrected chi connectivity index (χ0v) is 18.0. The smallest absolute Gasteiger partial charge is 0.251 e. The molecule has 0 atom stereocenters. The van der Waals surface area contributed by atoms with Crippen LogP contribution in [0, 0.1) is 0 Å². The maximum atomic E-state index is 12.1. The summed E-state index contributed by atoms with van der Waals surface area (Å²) in [5.74, 6) is -0.0220. The minimum Gasteiger partial charge on any atom is -0.504 e. The van der Waals surface area contributed by atoms with E-state index in [1.54, 1.807) is 19.2 Å². The van der Waals surface area contributed by atoms with Crippen molar-refractivity contribution in [2.45, 2.75) is 32.7 Å². The van der Waals surface area contributed by atoms with Gasteiger partial charge in [0.05, 0.1) is 33.0 Å².